The van der Waals surface area contributed by atoms with Gasteiger partial charge >= 0.3 is 0 Å². The van der Waals surface area contributed by atoms with Gasteiger partial charge in [0.25, 0.3) is 5.91 Å². The van der Waals surface area contributed by atoms with E-state index in [4.69, 9.17) is 4.74 Å². The Bertz CT molecular complexity index is 707. The topological polar surface area (TPSA) is 75.7 Å². The fraction of sp³-hybridized carbons (Fsp3) is 0.588. The third-order valence-electron chi connectivity index (χ3n) is 4.89. The summed E-state index contributed by atoms with van der Waals surface area (Å²) in [6.07, 6.45) is 1.80. The second kappa shape index (κ2) is 6.37. The van der Waals surface area contributed by atoms with Crippen molar-refractivity contribution in [2.75, 3.05) is 23.7 Å². The lowest BCUT2D eigenvalue weighted by Gasteiger charge is -2.39. The van der Waals surface area contributed by atoms with Gasteiger partial charge in [-0.15, -0.1) is 0 Å². The van der Waals surface area contributed by atoms with E-state index in [2.05, 4.69) is 10.2 Å². The van der Waals surface area contributed by atoms with Crippen molar-refractivity contribution < 1.29 is 17.9 Å². The number of piperidine rings is 1. The molecule has 2 heterocycles. The molecule has 1 aromatic carbocycles. The zero-order valence-electron chi connectivity index (χ0n) is 14.1. The Morgan fingerprint density at radius 3 is 2.33 bits per heavy atom. The summed E-state index contributed by atoms with van der Waals surface area (Å²) in [4.78, 5) is 14.4. The first-order valence-corrected chi connectivity index (χ1v) is 10.1. The first-order chi connectivity index (χ1) is 11.4. The van der Waals surface area contributed by atoms with E-state index >= 15 is 0 Å². The minimum Gasteiger partial charge on any atom is -0.371 e. The van der Waals surface area contributed by atoms with Gasteiger partial charge in [-0.2, -0.15) is 0 Å². The lowest BCUT2D eigenvalue weighted by Crippen LogP contribution is -2.51. The second-order valence-electron chi connectivity index (χ2n) is 6.38. The molecule has 1 amide bonds. The summed E-state index contributed by atoms with van der Waals surface area (Å²) in [6, 6.07) is 7.03. The van der Waals surface area contributed by atoms with E-state index in [0.717, 1.165) is 31.6 Å². The van der Waals surface area contributed by atoms with Gasteiger partial charge in [-0.25, -0.2) is 8.42 Å². The summed E-state index contributed by atoms with van der Waals surface area (Å²) in [6.45, 7) is 5.12. The van der Waals surface area contributed by atoms with E-state index < -0.39 is 15.6 Å². The van der Waals surface area contributed by atoms with Crippen LogP contribution >= 0.6 is 0 Å². The molecule has 2 aliphatic rings. The Labute approximate surface area is 143 Å². The molecule has 1 atom stereocenters. The van der Waals surface area contributed by atoms with E-state index in [1.807, 2.05) is 19.1 Å². The van der Waals surface area contributed by atoms with Gasteiger partial charge in [-0.1, -0.05) is 13.8 Å². The highest BCUT2D eigenvalue weighted by molar-refractivity contribution is 7.91. The molecule has 0 aromatic heterocycles. The van der Waals surface area contributed by atoms with Gasteiger partial charge in [0.15, 0.2) is 9.84 Å². The van der Waals surface area contributed by atoms with Crippen LogP contribution in [0.5, 0.6) is 0 Å². The third kappa shape index (κ3) is 3.15. The van der Waals surface area contributed by atoms with Gasteiger partial charge in [0.05, 0.1) is 10.6 Å². The highest BCUT2D eigenvalue weighted by Gasteiger charge is 2.46. The van der Waals surface area contributed by atoms with Crippen LogP contribution in [0.1, 0.15) is 33.1 Å². The van der Waals surface area contributed by atoms with Crippen molar-refractivity contribution in [3.63, 3.8) is 0 Å². The smallest absolute Gasteiger partial charge is 0.251 e. The molecule has 2 saturated heterocycles. The van der Waals surface area contributed by atoms with Crippen molar-refractivity contribution in [2.45, 2.75) is 49.8 Å². The number of carbonyl (C=O) groups excluding carboxylic acids is 1. The molecule has 24 heavy (non-hydrogen) atoms. The Morgan fingerprint density at radius 2 is 1.83 bits per heavy atom. The third-order valence-corrected chi connectivity index (χ3v) is 6.64. The number of amides is 1. The van der Waals surface area contributed by atoms with E-state index in [1.165, 1.54) is 0 Å². The second-order valence-corrected chi connectivity index (χ2v) is 8.66. The van der Waals surface area contributed by atoms with Gasteiger partial charge in [0.1, 0.15) is 11.8 Å². The number of anilines is 1. The maximum Gasteiger partial charge on any atom is 0.251 e. The van der Waals surface area contributed by atoms with E-state index in [-0.39, 0.29) is 17.8 Å². The molecule has 3 rings (SSSR count). The SMILES string of the molecule is CCC1OC2(CCN(c3ccc(S(=O)(=O)CC)cc3)CC2)NC1=O. The number of ether oxygens (including phenoxy) is 1. The Balaban J connectivity index is 1.66. The van der Waals surface area contributed by atoms with Crippen LogP contribution in [0.3, 0.4) is 0 Å². The van der Waals surface area contributed by atoms with Crippen molar-refractivity contribution in [1.29, 1.82) is 0 Å². The van der Waals surface area contributed by atoms with Crippen LogP contribution in [0.15, 0.2) is 29.2 Å². The van der Waals surface area contributed by atoms with Crippen molar-refractivity contribution in [3.05, 3.63) is 24.3 Å². The largest absolute Gasteiger partial charge is 0.371 e. The zero-order valence-corrected chi connectivity index (χ0v) is 14.9. The Kier molecular flexibility index (Phi) is 4.57. The van der Waals surface area contributed by atoms with E-state index in [0.29, 0.717) is 11.3 Å². The monoisotopic (exact) mass is 352 g/mol. The standard InChI is InChI=1S/C17H24N2O4S/c1-3-15-16(20)18-17(23-15)9-11-19(12-10-17)13-5-7-14(8-6-13)24(21,22)4-2/h5-8,15H,3-4,9-12H2,1-2H3,(H,18,20). The Hall–Kier alpha value is -1.60. The summed E-state index contributed by atoms with van der Waals surface area (Å²) in [5.41, 5.74) is 0.469. The van der Waals surface area contributed by atoms with Crippen molar-refractivity contribution in [3.8, 4) is 0 Å². The predicted octanol–water partition coefficient (Wildman–Crippen LogP) is 1.70. The molecule has 2 fully saturated rings. The van der Waals surface area contributed by atoms with Gasteiger partial charge in [0, 0.05) is 31.6 Å². The molecule has 0 radical (unpaired) electrons. The van der Waals surface area contributed by atoms with E-state index in [1.54, 1.807) is 19.1 Å². The van der Waals surface area contributed by atoms with Crippen molar-refractivity contribution in [2.24, 2.45) is 0 Å². The summed E-state index contributed by atoms with van der Waals surface area (Å²) >= 11 is 0. The molecule has 132 valence electrons. The number of benzene rings is 1. The summed E-state index contributed by atoms with van der Waals surface area (Å²) in [5.74, 6) is 0.0916. The molecule has 1 N–H and O–H groups in total. The summed E-state index contributed by atoms with van der Waals surface area (Å²) in [5, 5.41) is 3.01. The van der Waals surface area contributed by atoms with Gasteiger partial charge in [-0.05, 0) is 30.7 Å². The van der Waals surface area contributed by atoms with Crippen molar-refractivity contribution in [1.82, 2.24) is 5.32 Å². The highest BCUT2D eigenvalue weighted by Crippen LogP contribution is 2.32. The first kappa shape index (κ1) is 17.2. The van der Waals surface area contributed by atoms with Crippen LogP contribution < -0.4 is 10.2 Å². The van der Waals surface area contributed by atoms with Crippen LogP contribution in [0, 0.1) is 0 Å². The molecular formula is C17H24N2O4S. The number of hydrogen-bond acceptors (Lipinski definition) is 5. The minimum absolute atomic E-state index is 0.0138. The average Bonchev–Trinajstić information content (AvgIpc) is 2.91. The lowest BCUT2D eigenvalue weighted by atomic mass is 10.00. The molecule has 0 bridgehead atoms. The first-order valence-electron chi connectivity index (χ1n) is 8.47. The quantitative estimate of drug-likeness (QED) is 0.893. The molecule has 7 heteroatoms. The average molecular weight is 352 g/mol. The van der Waals surface area contributed by atoms with Gasteiger partial charge in [-0.3, -0.25) is 4.79 Å². The highest BCUT2D eigenvalue weighted by atomic mass is 32.2. The molecule has 1 unspecified atom stereocenters. The molecule has 2 aliphatic heterocycles. The van der Waals surface area contributed by atoms with Crippen LogP contribution in [0.25, 0.3) is 0 Å². The number of hydrogen-bond donors (Lipinski definition) is 1. The Morgan fingerprint density at radius 1 is 1.21 bits per heavy atom. The van der Waals surface area contributed by atoms with E-state index in [9.17, 15) is 13.2 Å². The predicted molar refractivity (Wildman–Crippen MR) is 91.7 cm³/mol. The van der Waals surface area contributed by atoms with Crippen LogP contribution in [-0.2, 0) is 19.4 Å². The molecule has 1 aromatic rings. The number of nitrogens with one attached hydrogen (secondary N) is 1. The van der Waals surface area contributed by atoms with Gasteiger partial charge < -0.3 is 15.0 Å². The van der Waals surface area contributed by atoms with Crippen LogP contribution in [0.4, 0.5) is 5.69 Å². The molecular weight excluding hydrogens is 328 g/mol. The van der Waals surface area contributed by atoms with Gasteiger partial charge in [0.2, 0.25) is 0 Å². The number of nitrogens with zero attached hydrogens (tertiary/aromatic N) is 1. The summed E-state index contributed by atoms with van der Waals surface area (Å²) < 4.78 is 29.7. The maximum atomic E-state index is 11.9. The molecule has 1 spiro atoms. The molecule has 0 aliphatic carbocycles. The fourth-order valence-corrected chi connectivity index (χ4v) is 4.21. The molecule has 6 nitrogen and oxygen atoms in total. The molecule has 0 saturated carbocycles. The summed E-state index contributed by atoms with van der Waals surface area (Å²) in [7, 11) is -3.17. The van der Waals surface area contributed by atoms with Crippen LogP contribution in [-0.4, -0.2) is 45.0 Å². The maximum absolute atomic E-state index is 11.9. The van der Waals surface area contributed by atoms with Crippen LogP contribution in [0.2, 0.25) is 0 Å². The minimum atomic E-state index is -3.17. The lowest BCUT2D eigenvalue weighted by molar-refractivity contribution is -0.124. The normalized spacial score (nSPS) is 23.5. The number of carbonyl (C=O) groups is 1. The number of sulfone groups is 1. The fourth-order valence-electron chi connectivity index (χ4n) is 3.33. The zero-order chi connectivity index (χ0) is 17.4. The number of rotatable bonds is 4. The van der Waals surface area contributed by atoms with Crippen molar-refractivity contribution >= 4 is 21.4 Å².